The predicted octanol–water partition coefficient (Wildman–Crippen LogP) is 1.19. The van der Waals surface area contributed by atoms with Crippen LogP contribution in [0.25, 0.3) is 0 Å². The minimum atomic E-state index is -1.12. The third-order valence-electron chi connectivity index (χ3n) is 4.66. The van der Waals surface area contributed by atoms with Gasteiger partial charge in [-0.25, -0.2) is 0 Å². The second-order valence-corrected chi connectivity index (χ2v) is 6.42. The van der Waals surface area contributed by atoms with E-state index in [9.17, 15) is 14.7 Å². The molecule has 0 aromatic heterocycles. The zero-order chi connectivity index (χ0) is 15.7. The molecule has 1 saturated carbocycles. The van der Waals surface area contributed by atoms with Gasteiger partial charge in [-0.1, -0.05) is 35.9 Å². The Labute approximate surface area is 134 Å². The van der Waals surface area contributed by atoms with Gasteiger partial charge in [-0.15, -0.1) is 0 Å². The van der Waals surface area contributed by atoms with Gasteiger partial charge in [0.25, 0.3) is 0 Å². The molecule has 5 heteroatoms. The Morgan fingerprint density at radius 2 is 1.77 bits per heavy atom. The van der Waals surface area contributed by atoms with E-state index in [0.717, 1.165) is 12.0 Å². The van der Waals surface area contributed by atoms with Crippen molar-refractivity contribution in [3.8, 4) is 0 Å². The molecule has 1 N–H and O–H groups in total. The van der Waals surface area contributed by atoms with Gasteiger partial charge in [-0.05, 0) is 42.4 Å². The Bertz CT molecular complexity index is 611. The molecule has 2 aliphatic rings. The van der Waals surface area contributed by atoms with Crippen LogP contribution in [0, 0.1) is 23.7 Å². The molecule has 4 nitrogen and oxygen atoms in total. The Hall–Kier alpha value is -1.81. The quantitative estimate of drug-likeness (QED) is 0.829. The number of hydrogen-bond donors (Lipinski definition) is 1. The standard InChI is InChI=1S/C17H18ClNO3/c18-13-5-1-10(2-6-13)7-8-19-16(20)14-11-3-4-12(9-11)15(14)17(21)22/h1-6,11-12,14-15H,7-9H2,(H,19,20)(H,21,22)/p-1/t11-,12-,14+,15-/m0/s1. The first-order valence-corrected chi connectivity index (χ1v) is 7.85. The molecule has 0 saturated heterocycles. The zero-order valence-electron chi connectivity index (χ0n) is 12.0. The molecule has 2 bridgehead atoms. The van der Waals surface area contributed by atoms with Gasteiger partial charge in [0, 0.05) is 23.5 Å². The summed E-state index contributed by atoms with van der Waals surface area (Å²) in [4.78, 5) is 23.6. The highest BCUT2D eigenvalue weighted by atomic mass is 35.5. The first-order valence-electron chi connectivity index (χ1n) is 7.47. The van der Waals surface area contributed by atoms with Crippen molar-refractivity contribution in [1.82, 2.24) is 5.32 Å². The number of nitrogens with one attached hydrogen (secondary N) is 1. The number of hydrogen-bond acceptors (Lipinski definition) is 3. The van der Waals surface area contributed by atoms with Crippen LogP contribution in [0.4, 0.5) is 0 Å². The predicted molar refractivity (Wildman–Crippen MR) is 80.9 cm³/mol. The van der Waals surface area contributed by atoms with Crippen LogP contribution in [-0.2, 0) is 16.0 Å². The zero-order valence-corrected chi connectivity index (χ0v) is 12.8. The number of carboxylic acids is 1. The Kier molecular flexibility index (Phi) is 4.21. The average Bonchev–Trinajstić information content (AvgIpc) is 3.09. The molecule has 0 heterocycles. The van der Waals surface area contributed by atoms with Crippen molar-refractivity contribution in [3.05, 3.63) is 47.0 Å². The number of fused-ring (bicyclic) bond motifs is 2. The first-order chi connectivity index (χ1) is 10.6. The van der Waals surface area contributed by atoms with Crippen LogP contribution in [0.5, 0.6) is 0 Å². The van der Waals surface area contributed by atoms with Gasteiger partial charge in [-0.3, -0.25) is 4.79 Å². The summed E-state index contributed by atoms with van der Waals surface area (Å²) >= 11 is 5.83. The van der Waals surface area contributed by atoms with Crippen molar-refractivity contribution >= 4 is 23.5 Å². The Morgan fingerprint density at radius 3 is 2.41 bits per heavy atom. The SMILES string of the molecule is O=C([O-])[C@@H]1[C@H](C(=O)NCCc2ccc(Cl)cc2)[C@H]2C=C[C@H]1C2. The second kappa shape index (κ2) is 6.13. The number of benzene rings is 1. The van der Waals surface area contributed by atoms with Crippen LogP contribution in [0.2, 0.25) is 5.02 Å². The topological polar surface area (TPSA) is 69.2 Å². The molecule has 4 atom stereocenters. The summed E-state index contributed by atoms with van der Waals surface area (Å²) in [5, 5.41) is 14.8. The lowest BCUT2D eigenvalue weighted by Crippen LogP contribution is -2.45. The van der Waals surface area contributed by atoms with Crippen molar-refractivity contribution in [2.75, 3.05) is 6.54 Å². The first kappa shape index (κ1) is 15.1. The van der Waals surface area contributed by atoms with Crippen molar-refractivity contribution in [1.29, 1.82) is 0 Å². The minimum absolute atomic E-state index is 0.0310. The molecule has 0 unspecified atom stereocenters. The number of carbonyl (C=O) groups is 2. The number of halogens is 1. The summed E-state index contributed by atoms with van der Waals surface area (Å²) in [6.45, 7) is 0.484. The summed E-state index contributed by atoms with van der Waals surface area (Å²) in [6.07, 6.45) is 5.31. The van der Waals surface area contributed by atoms with Crippen LogP contribution < -0.4 is 10.4 Å². The molecule has 1 amide bonds. The van der Waals surface area contributed by atoms with E-state index < -0.39 is 17.8 Å². The van der Waals surface area contributed by atoms with Gasteiger partial charge >= 0.3 is 0 Å². The molecule has 2 aliphatic carbocycles. The number of aliphatic carboxylic acids is 1. The molecule has 22 heavy (non-hydrogen) atoms. The van der Waals surface area contributed by atoms with Crippen molar-refractivity contribution < 1.29 is 14.7 Å². The van der Waals surface area contributed by atoms with Crippen LogP contribution in [-0.4, -0.2) is 18.4 Å². The van der Waals surface area contributed by atoms with E-state index in [2.05, 4.69) is 5.32 Å². The van der Waals surface area contributed by atoms with Crippen LogP contribution in [0.15, 0.2) is 36.4 Å². The molecule has 0 aliphatic heterocycles. The molecule has 1 aromatic carbocycles. The Balaban J connectivity index is 1.56. The summed E-state index contributed by atoms with van der Waals surface area (Å²) < 4.78 is 0. The van der Waals surface area contributed by atoms with E-state index in [0.29, 0.717) is 18.0 Å². The molecule has 116 valence electrons. The highest BCUT2D eigenvalue weighted by molar-refractivity contribution is 6.30. The maximum Gasteiger partial charge on any atom is 0.224 e. The highest BCUT2D eigenvalue weighted by Crippen LogP contribution is 2.47. The normalized spacial score (nSPS) is 28.8. The number of allylic oxidation sites excluding steroid dienone is 2. The fourth-order valence-electron chi connectivity index (χ4n) is 3.60. The lowest BCUT2D eigenvalue weighted by molar-refractivity contribution is -0.313. The van der Waals surface area contributed by atoms with Gasteiger partial charge in [0.05, 0.1) is 5.92 Å². The van der Waals surface area contributed by atoms with Crippen molar-refractivity contribution in [2.24, 2.45) is 23.7 Å². The third-order valence-corrected chi connectivity index (χ3v) is 4.91. The van der Waals surface area contributed by atoms with Crippen LogP contribution in [0.3, 0.4) is 0 Å². The maximum atomic E-state index is 12.3. The molecule has 3 rings (SSSR count). The summed E-state index contributed by atoms with van der Waals surface area (Å²) in [5.74, 6) is -2.50. The van der Waals surface area contributed by atoms with Gasteiger partial charge < -0.3 is 15.2 Å². The lowest BCUT2D eigenvalue weighted by Gasteiger charge is -2.27. The highest BCUT2D eigenvalue weighted by Gasteiger charge is 2.48. The number of carboxylic acid groups (broad SMARTS) is 1. The summed E-state index contributed by atoms with van der Waals surface area (Å²) in [6, 6.07) is 7.45. The van der Waals surface area contributed by atoms with Gasteiger partial charge in [0.1, 0.15) is 0 Å². The van der Waals surface area contributed by atoms with E-state index in [1.54, 1.807) is 0 Å². The second-order valence-electron chi connectivity index (χ2n) is 5.99. The van der Waals surface area contributed by atoms with Gasteiger partial charge in [0.2, 0.25) is 5.91 Å². The number of amides is 1. The molecular weight excluding hydrogens is 302 g/mol. The van der Waals surface area contributed by atoms with E-state index in [4.69, 9.17) is 11.6 Å². The summed E-state index contributed by atoms with van der Waals surface area (Å²) in [5.41, 5.74) is 1.08. The molecular formula is C17H17ClNO3-. The number of rotatable bonds is 5. The van der Waals surface area contributed by atoms with Crippen molar-refractivity contribution in [2.45, 2.75) is 12.8 Å². The van der Waals surface area contributed by atoms with E-state index in [1.807, 2.05) is 36.4 Å². The molecule has 0 radical (unpaired) electrons. The molecule has 1 aromatic rings. The van der Waals surface area contributed by atoms with E-state index in [1.165, 1.54) is 0 Å². The van der Waals surface area contributed by atoms with Crippen molar-refractivity contribution in [3.63, 3.8) is 0 Å². The van der Waals surface area contributed by atoms with E-state index >= 15 is 0 Å². The monoisotopic (exact) mass is 318 g/mol. The smallest absolute Gasteiger partial charge is 0.224 e. The summed E-state index contributed by atoms with van der Waals surface area (Å²) in [7, 11) is 0. The lowest BCUT2D eigenvalue weighted by atomic mass is 9.82. The largest absolute Gasteiger partial charge is 0.550 e. The fraction of sp³-hybridized carbons (Fsp3) is 0.412. The fourth-order valence-corrected chi connectivity index (χ4v) is 3.73. The van der Waals surface area contributed by atoms with Crippen LogP contribution >= 0.6 is 11.6 Å². The third kappa shape index (κ3) is 2.88. The average molecular weight is 319 g/mol. The van der Waals surface area contributed by atoms with Gasteiger partial charge in [0.15, 0.2) is 0 Å². The maximum absolute atomic E-state index is 12.3. The van der Waals surface area contributed by atoms with Gasteiger partial charge in [-0.2, -0.15) is 0 Å². The molecule has 1 fully saturated rings. The molecule has 0 spiro atoms. The van der Waals surface area contributed by atoms with Crippen LogP contribution in [0.1, 0.15) is 12.0 Å². The van der Waals surface area contributed by atoms with E-state index in [-0.39, 0.29) is 17.7 Å². The number of carbonyl (C=O) groups excluding carboxylic acids is 2. The Morgan fingerprint density at radius 1 is 1.14 bits per heavy atom. The minimum Gasteiger partial charge on any atom is -0.550 e.